The molecule has 2 aliphatic heterocycles. The lowest BCUT2D eigenvalue weighted by Gasteiger charge is -2.32. The Hall–Kier alpha value is -3.82. The van der Waals surface area contributed by atoms with E-state index in [2.05, 4.69) is 14.8 Å². The zero-order valence-electron chi connectivity index (χ0n) is 20.8. The Kier molecular flexibility index (Phi) is 6.31. The van der Waals surface area contributed by atoms with Gasteiger partial charge in [-0.1, -0.05) is 6.07 Å². The summed E-state index contributed by atoms with van der Waals surface area (Å²) >= 11 is 0. The molecule has 2 fully saturated rings. The molecule has 2 aliphatic rings. The van der Waals surface area contributed by atoms with Gasteiger partial charge in [0.25, 0.3) is 0 Å². The standard InChI is InChI=1S/C28H29FN6O2/c1-18-26(30)24-22(33-27(18)23-4-2-3-7-31-23)6-5-20(25(24)29)21-16-19(34-8-12-36-13-9-34)17-32-28(21)35-10-14-37-15-11-35/h2-7,16-17H,8-15H2,1H3,(H2,30,33). The van der Waals surface area contributed by atoms with Gasteiger partial charge in [-0.05, 0) is 37.3 Å². The number of rotatable bonds is 4. The summed E-state index contributed by atoms with van der Waals surface area (Å²) in [5.74, 6) is 0.348. The van der Waals surface area contributed by atoms with Gasteiger partial charge in [0, 0.05) is 54.8 Å². The monoisotopic (exact) mass is 500 g/mol. The van der Waals surface area contributed by atoms with Crippen LogP contribution in [0.15, 0.2) is 48.8 Å². The average molecular weight is 501 g/mol. The molecule has 8 nitrogen and oxygen atoms in total. The van der Waals surface area contributed by atoms with Gasteiger partial charge in [-0.25, -0.2) is 14.4 Å². The first kappa shape index (κ1) is 23.6. The van der Waals surface area contributed by atoms with Gasteiger partial charge < -0.3 is 25.0 Å². The highest BCUT2D eigenvalue weighted by atomic mass is 19.1. The minimum atomic E-state index is -0.395. The number of hydrogen-bond acceptors (Lipinski definition) is 8. The smallest absolute Gasteiger partial charge is 0.142 e. The number of benzene rings is 1. The Labute approximate surface area is 214 Å². The Morgan fingerprint density at radius 1 is 0.892 bits per heavy atom. The van der Waals surface area contributed by atoms with Crippen molar-refractivity contribution in [3.05, 3.63) is 60.2 Å². The van der Waals surface area contributed by atoms with Crippen LogP contribution in [0.1, 0.15) is 5.56 Å². The molecule has 0 atom stereocenters. The number of nitrogens with two attached hydrogens (primary N) is 1. The number of fused-ring (bicyclic) bond motifs is 1. The van der Waals surface area contributed by atoms with Gasteiger partial charge in [-0.15, -0.1) is 0 Å². The van der Waals surface area contributed by atoms with Crippen LogP contribution < -0.4 is 15.5 Å². The molecule has 9 heteroatoms. The Morgan fingerprint density at radius 3 is 2.32 bits per heavy atom. The summed E-state index contributed by atoms with van der Waals surface area (Å²) in [6.45, 7) is 7.32. The number of nitrogens with zero attached hydrogens (tertiary/aromatic N) is 5. The summed E-state index contributed by atoms with van der Waals surface area (Å²) in [5, 5.41) is 0.319. The van der Waals surface area contributed by atoms with Gasteiger partial charge in [-0.2, -0.15) is 0 Å². The van der Waals surface area contributed by atoms with E-state index in [9.17, 15) is 0 Å². The van der Waals surface area contributed by atoms with Gasteiger partial charge in [0.15, 0.2) is 0 Å². The summed E-state index contributed by atoms with van der Waals surface area (Å²) in [6, 6.07) is 11.3. The van der Waals surface area contributed by atoms with Crippen LogP contribution in [0.5, 0.6) is 0 Å². The molecule has 3 aromatic heterocycles. The number of hydrogen-bond donors (Lipinski definition) is 1. The van der Waals surface area contributed by atoms with Crippen LogP contribution in [0.25, 0.3) is 33.4 Å². The van der Waals surface area contributed by atoms with E-state index in [0.717, 1.165) is 30.2 Å². The molecule has 0 saturated carbocycles. The highest BCUT2D eigenvalue weighted by Crippen LogP contribution is 2.40. The van der Waals surface area contributed by atoms with Crippen molar-refractivity contribution in [3.8, 4) is 22.5 Å². The molecule has 4 aromatic rings. The third-order valence-corrected chi connectivity index (χ3v) is 7.12. The number of anilines is 3. The fourth-order valence-corrected chi connectivity index (χ4v) is 5.06. The molecular formula is C28H29FN6O2. The third-order valence-electron chi connectivity index (χ3n) is 7.12. The average Bonchev–Trinajstić information content (AvgIpc) is 2.96. The number of morpholine rings is 2. The topological polar surface area (TPSA) is 89.6 Å². The third kappa shape index (κ3) is 4.34. The Balaban J connectivity index is 1.51. The van der Waals surface area contributed by atoms with Crippen molar-refractivity contribution in [2.24, 2.45) is 0 Å². The SMILES string of the molecule is Cc1c(-c2ccccn2)nc2ccc(-c3cc(N4CCOCC4)cnc3N3CCOCC3)c(F)c2c1N. The van der Waals surface area contributed by atoms with E-state index in [0.29, 0.717) is 78.6 Å². The quantitative estimate of drug-likeness (QED) is 0.449. The maximum atomic E-state index is 16.4. The zero-order valence-corrected chi connectivity index (χ0v) is 20.8. The first-order chi connectivity index (χ1) is 18.1. The van der Waals surface area contributed by atoms with Gasteiger partial charge in [-0.3, -0.25) is 4.98 Å². The minimum absolute atomic E-state index is 0.319. The zero-order chi connectivity index (χ0) is 25.4. The fourth-order valence-electron chi connectivity index (χ4n) is 5.06. The number of pyridine rings is 3. The van der Waals surface area contributed by atoms with Crippen LogP contribution in [0.3, 0.4) is 0 Å². The van der Waals surface area contributed by atoms with Crippen molar-refractivity contribution in [1.82, 2.24) is 15.0 Å². The highest BCUT2D eigenvalue weighted by molar-refractivity contribution is 5.99. The predicted octanol–water partition coefficient (Wildman–Crippen LogP) is 4.06. The van der Waals surface area contributed by atoms with Crippen molar-refractivity contribution in [2.75, 3.05) is 68.1 Å². The van der Waals surface area contributed by atoms with Crippen molar-refractivity contribution in [1.29, 1.82) is 0 Å². The molecule has 1 aromatic carbocycles. The van der Waals surface area contributed by atoms with E-state index in [4.69, 9.17) is 25.2 Å². The van der Waals surface area contributed by atoms with Crippen molar-refractivity contribution >= 4 is 28.1 Å². The van der Waals surface area contributed by atoms with E-state index in [-0.39, 0.29) is 0 Å². The molecule has 37 heavy (non-hydrogen) atoms. The second-order valence-electron chi connectivity index (χ2n) is 9.30. The lowest BCUT2D eigenvalue weighted by atomic mass is 9.98. The van der Waals surface area contributed by atoms with Crippen molar-refractivity contribution in [3.63, 3.8) is 0 Å². The summed E-state index contributed by atoms with van der Waals surface area (Å²) in [6.07, 6.45) is 3.58. The predicted molar refractivity (Wildman–Crippen MR) is 143 cm³/mol. The van der Waals surface area contributed by atoms with Crippen LogP contribution in [-0.2, 0) is 9.47 Å². The lowest BCUT2D eigenvalue weighted by molar-refractivity contribution is 0.122. The van der Waals surface area contributed by atoms with Gasteiger partial charge in [0.1, 0.15) is 11.6 Å². The van der Waals surface area contributed by atoms with Crippen molar-refractivity contribution < 1.29 is 13.9 Å². The largest absolute Gasteiger partial charge is 0.398 e. The molecule has 0 unspecified atom stereocenters. The second kappa shape index (κ2) is 9.91. The van der Waals surface area contributed by atoms with E-state index in [1.54, 1.807) is 12.3 Å². The summed E-state index contributed by atoms with van der Waals surface area (Å²) in [4.78, 5) is 18.4. The Bertz CT molecular complexity index is 1440. The first-order valence-electron chi connectivity index (χ1n) is 12.6. The van der Waals surface area contributed by atoms with Gasteiger partial charge >= 0.3 is 0 Å². The summed E-state index contributed by atoms with van der Waals surface area (Å²) in [7, 11) is 0. The number of halogens is 1. The van der Waals surface area contributed by atoms with Crippen LogP contribution in [-0.4, -0.2) is 67.6 Å². The normalized spacial score (nSPS) is 16.4. The number of aromatic nitrogens is 3. The molecule has 2 saturated heterocycles. The molecule has 0 spiro atoms. The molecule has 0 amide bonds. The van der Waals surface area contributed by atoms with Crippen molar-refractivity contribution in [2.45, 2.75) is 6.92 Å². The van der Waals surface area contributed by atoms with Crippen LogP contribution in [0.4, 0.5) is 21.6 Å². The van der Waals surface area contributed by atoms with E-state index in [1.165, 1.54) is 0 Å². The van der Waals surface area contributed by atoms with Gasteiger partial charge in [0.2, 0.25) is 0 Å². The van der Waals surface area contributed by atoms with Crippen LogP contribution in [0.2, 0.25) is 0 Å². The fraction of sp³-hybridized carbons (Fsp3) is 0.321. The summed E-state index contributed by atoms with van der Waals surface area (Å²) in [5.41, 5.74) is 11.6. The van der Waals surface area contributed by atoms with Crippen LogP contribution in [0, 0.1) is 12.7 Å². The molecule has 2 N–H and O–H groups in total. The molecule has 0 radical (unpaired) electrons. The second-order valence-corrected chi connectivity index (χ2v) is 9.30. The molecule has 5 heterocycles. The maximum absolute atomic E-state index is 16.4. The molecule has 190 valence electrons. The summed E-state index contributed by atoms with van der Waals surface area (Å²) < 4.78 is 27.5. The number of nitrogen functional groups attached to an aromatic ring is 1. The lowest BCUT2D eigenvalue weighted by Crippen LogP contribution is -2.38. The molecular weight excluding hydrogens is 471 g/mol. The van der Waals surface area contributed by atoms with E-state index < -0.39 is 5.82 Å². The molecule has 6 rings (SSSR count). The number of ether oxygens (including phenoxy) is 2. The maximum Gasteiger partial charge on any atom is 0.142 e. The highest BCUT2D eigenvalue weighted by Gasteiger charge is 2.24. The van der Waals surface area contributed by atoms with E-state index >= 15 is 4.39 Å². The van der Waals surface area contributed by atoms with E-state index in [1.807, 2.05) is 43.5 Å². The van der Waals surface area contributed by atoms with Gasteiger partial charge in [0.05, 0.1) is 60.6 Å². The molecule has 0 bridgehead atoms. The minimum Gasteiger partial charge on any atom is -0.398 e. The van der Waals surface area contributed by atoms with Crippen LogP contribution >= 0.6 is 0 Å². The molecule has 0 aliphatic carbocycles. The first-order valence-corrected chi connectivity index (χ1v) is 12.6. The Morgan fingerprint density at radius 2 is 1.62 bits per heavy atom.